The summed E-state index contributed by atoms with van der Waals surface area (Å²) in [6.45, 7) is 1.87. The minimum atomic E-state index is -0.851. The largest absolute Gasteiger partial charge is 0.397 e. The van der Waals surface area contributed by atoms with Crippen LogP contribution in [0.4, 0.5) is 5.69 Å². The molecule has 2 atom stereocenters. The van der Waals surface area contributed by atoms with Crippen molar-refractivity contribution >= 4 is 34.0 Å². The molecule has 4 nitrogen and oxygen atoms in total. The van der Waals surface area contributed by atoms with Crippen molar-refractivity contribution in [3.8, 4) is 0 Å². The van der Waals surface area contributed by atoms with Gasteiger partial charge in [0, 0.05) is 28.9 Å². The van der Waals surface area contributed by atoms with Gasteiger partial charge in [-0.1, -0.05) is 17.7 Å². The average molecular weight is 289 g/mol. The highest BCUT2D eigenvalue weighted by Gasteiger charge is 2.14. The molecule has 1 rings (SSSR count). The summed E-state index contributed by atoms with van der Waals surface area (Å²) in [5.74, 6) is 0.302. The van der Waals surface area contributed by atoms with Crippen molar-refractivity contribution in [1.29, 1.82) is 0 Å². The van der Waals surface area contributed by atoms with Gasteiger partial charge in [-0.15, -0.1) is 0 Å². The van der Waals surface area contributed by atoms with Gasteiger partial charge in [0.1, 0.15) is 0 Å². The van der Waals surface area contributed by atoms with E-state index in [0.29, 0.717) is 22.8 Å². The van der Waals surface area contributed by atoms with Crippen LogP contribution in [0, 0.1) is 0 Å². The molecule has 0 heterocycles. The third kappa shape index (κ3) is 4.31. The predicted molar refractivity (Wildman–Crippen MR) is 76.3 cm³/mol. The first kappa shape index (κ1) is 15.0. The maximum absolute atomic E-state index is 11.9. The molecule has 3 N–H and O–H groups in total. The molecule has 18 heavy (non-hydrogen) atoms. The maximum Gasteiger partial charge on any atom is 0.253 e. The van der Waals surface area contributed by atoms with E-state index in [1.165, 1.54) is 0 Å². The summed E-state index contributed by atoms with van der Waals surface area (Å²) in [5.41, 5.74) is 6.39. The van der Waals surface area contributed by atoms with Crippen LogP contribution in [-0.2, 0) is 10.8 Å². The Morgan fingerprint density at radius 3 is 2.83 bits per heavy atom. The van der Waals surface area contributed by atoms with Gasteiger partial charge in [-0.2, -0.15) is 0 Å². The number of hydrogen-bond acceptors (Lipinski definition) is 3. The topological polar surface area (TPSA) is 72.2 Å². The third-order valence-electron chi connectivity index (χ3n) is 2.51. The van der Waals surface area contributed by atoms with Gasteiger partial charge < -0.3 is 11.1 Å². The molecular weight excluding hydrogens is 272 g/mol. The number of nitrogen functional groups attached to an aromatic ring is 1. The first-order valence-electron chi connectivity index (χ1n) is 5.56. The molecule has 0 aliphatic heterocycles. The summed E-state index contributed by atoms with van der Waals surface area (Å²) < 4.78 is 11.0. The fraction of sp³-hybridized carbons (Fsp3) is 0.417. The van der Waals surface area contributed by atoms with Crippen molar-refractivity contribution in [2.24, 2.45) is 0 Å². The molecule has 1 aromatic carbocycles. The van der Waals surface area contributed by atoms with Crippen LogP contribution in [0.5, 0.6) is 0 Å². The average Bonchev–Trinajstić information content (AvgIpc) is 2.30. The van der Waals surface area contributed by atoms with Crippen molar-refractivity contribution in [2.75, 3.05) is 17.7 Å². The van der Waals surface area contributed by atoms with Crippen LogP contribution in [0.3, 0.4) is 0 Å². The van der Waals surface area contributed by atoms with Gasteiger partial charge in [0.05, 0.1) is 16.3 Å². The SMILES string of the molecule is CC(CCS(C)=O)NC(=O)c1cccc(Cl)c1N. The molecule has 0 aromatic heterocycles. The van der Waals surface area contributed by atoms with Crippen molar-refractivity contribution in [1.82, 2.24) is 5.32 Å². The van der Waals surface area contributed by atoms with E-state index < -0.39 is 10.8 Å². The Morgan fingerprint density at radius 1 is 1.56 bits per heavy atom. The lowest BCUT2D eigenvalue weighted by Gasteiger charge is -2.14. The van der Waals surface area contributed by atoms with E-state index in [-0.39, 0.29) is 17.6 Å². The first-order valence-corrected chi connectivity index (χ1v) is 7.67. The van der Waals surface area contributed by atoms with Crippen molar-refractivity contribution < 1.29 is 9.00 Å². The van der Waals surface area contributed by atoms with Crippen LogP contribution >= 0.6 is 11.6 Å². The molecule has 100 valence electrons. The highest BCUT2D eigenvalue weighted by Crippen LogP contribution is 2.22. The molecule has 0 fully saturated rings. The number of nitrogens with two attached hydrogens (primary N) is 1. The second kappa shape index (κ2) is 6.75. The summed E-state index contributed by atoms with van der Waals surface area (Å²) in [6.07, 6.45) is 2.30. The van der Waals surface area contributed by atoms with Gasteiger partial charge in [-0.25, -0.2) is 0 Å². The molecule has 0 radical (unpaired) electrons. The molecule has 2 unspecified atom stereocenters. The molecule has 0 aliphatic rings. The van der Waals surface area contributed by atoms with Crippen LogP contribution in [0.1, 0.15) is 23.7 Å². The quantitative estimate of drug-likeness (QED) is 0.812. The smallest absolute Gasteiger partial charge is 0.253 e. The highest BCUT2D eigenvalue weighted by atomic mass is 35.5. The van der Waals surface area contributed by atoms with Crippen molar-refractivity contribution in [3.63, 3.8) is 0 Å². The summed E-state index contributed by atoms with van der Waals surface area (Å²) in [5, 5.41) is 3.17. The number of carbonyl (C=O) groups excluding carboxylic acids is 1. The molecular formula is C12H17ClN2O2S. The number of anilines is 1. The lowest BCUT2D eigenvalue weighted by Crippen LogP contribution is -2.34. The number of carbonyl (C=O) groups is 1. The highest BCUT2D eigenvalue weighted by molar-refractivity contribution is 7.84. The predicted octanol–water partition coefficient (Wildman–Crippen LogP) is 1.81. The standard InChI is InChI=1S/C12H17ClN2O2S/c1-8(6-7-18(2)17)15-12(16)9-4-3-5-10(13)11(9)14/h3-5,8H,6-7,14H2,1-2H3,(H,15,16). The van der Waals surface area contributed by atoms with Crippen LogP contribution in [0.25, 0.3) is 0 Å². The van der Waals surface area contributed by atoms with Crippen molar-refractivity contribution in [3.05, 3.63) is 28.8 Å². The number of rotatable bonds is 5. The molecule has 0 saturated carbocycles. The van der Waals surface area contributed by atoms with Gasteiger partial charge in [0.15, 0.2) is 0 Å². The van der Waals surface area contributed by atoms with E-state index in [4.69, 9.17) is 17.3 Å². The monoisotopic (exact) mass is 288 g/mol. The molecule has 0 bridgehead atoms. The minimum Gasteiger partial charge on any atom is -0.397 e. The molecule has 0 aliphatic carbocycles. The number of hydrogen-bond donors (Lipinski definition) is 2. The molecule has 0 spiro atoms. The zero-order chi connectivity index (χ0) is 13.7. The summed E-state index contributed by atoms with van der Waals surface area (Å²) >= 11 is 5.85. The van der Waals surface area contributed by atoms with E-state index in [1.807, 2.05) is 6.92 Å². The summed E-state index contributed by atoms with van der Waals surface area (Å²) in [6, 6.07) is 4.89. The fourth-order valence-electron chi connectivity index (χ4n) is 1.45. The Morgan fingerprint density at radius 2 is 2.22 bits per heavy atom. The maximum atomic E-state index is 11.9. The van der Waals surface area contributed by atoms with E-state index in [1.54, 1.807) is 24.5 Å². The number of nitrogens with one attached hydrogen (secondary N) is 1. The summed E-state index contributed by atoms with van der Waals surface area (Å²) in [7, 11) is -0.851. The minimum absolute atomic E-state index is 0.0558. The molecule has 6 heteroatoms. The molecule has 0 saturated heterocycles. The summed E-state index contributed by atoms with van der Waals surface area (Å²) in [4.78, 5) is 11.9. The van der Waals surface area contributed by atoms with Crippen LogP contribution < -0.4 is 11.1 Å². The Balaban J connectivity index is 2.65. The fourth-order valence-corrected chi connectivity index (χ4v) is 2.31. The number of halogens is 1. The van der Waals surface area contributed by atoms with Crippen LogP contribution in [0.15, 0.2) is 18.2 Å². The van der Waals surface area contributed by atoms with E-state index >= 15 is 0 Å². The second-order valence-electron chi connectivity index (χ2n) is 4.14. The van der Waals surface area contributed by atoms with Gasteiger partial charge in [0.2, 0.25) is 0 Å². The molecule has 1 amide bonds. The van der Waals surface area contributed by atoms with Crippen LogP contribution in [-0.4, -0.2) is 28.2 Å². The number of benzene rings is 1. The van der Waals surface area contributed by atoms with Gasteiger partial charge in [-0.3, -0.25) is 9.00 Å². The zero-order valence-electron chi connectivity index (χ0n) is 10.4. The van der Waals surface area contributed by atoms with E-state index in [9.17, 15) is 9.00 Å². The van der Waals surface area contributed by atoms with Gasteiger partial charge in [0.25, 0.3) is 5.91 Å². The Bertz CT molecular complexity index is 465. The number of amides is 1. The van der Waals surface area contributed by atoms with Crippen molar-refractivity contribution in [2.45, 2.75) is 19.4 Å². The Kier molecular flexibility index (Phi) is 5.62. The lowest BCUT2D eigenvalue weighted by atomic mass is 10.1. The second-order valence-corrected chi connectivity index (χ2v) is 6.10. The van der Waals surface area contributed by atoms with Gasteiger partial charge in [-0.05, 0) is 25.5 Å². The van der Waals surface area contributed by atoms with Crippen LogP contribution in [0.2, 0.25) is 5.02 Å². The normalized spacial score (nSPS) is 13.9. The van der Waals surface area contributed by atoms with E-state index in [0.717, 1.165) is 0 Å². The first-order chi connectivity index (χ1) is 8.41. The van der Waals surface area contributed by atoms with E-state index in [2.05, 4.69) is 5.32 Å². The zero-order valence-corrected chi connectivity index (χ0v) is 12.0. The third-order valence-corrected chi connectivity index (χ3v) is 3.65. The van der Waals surface area contributed by atoms with Gasteiger partial charge >= 0.3 is 0 Å². The lowest BCUT2D eigenvalue weighted by molar-refractivity contribution is 0.0940. The molecule has 1 aromatic rings. The Labute approximate surface area is 114 Å². The Hall–Kier alpha value is -1.07. The number of para-hydroxylation sites is 1.